The van der Waals surface area contributed by atoms with Crippen molar-refractivity contribution in [1.82, 2.24) is 15.5 Å². The molecule has 6 N–H and O–H groups in total. The van der Waals surface area contributed by atoms with Crippen molar-refractivity contribution >= 4 is 35.0 Å². The van der Waals surface area contributed by atoms with Crippen LogP contribution in [-0.4, -0.2) is 72.9 Å². The maximum absolute atomic E-state index is 13.6. The molecule has 3 heterocycles. The van der Waals surface area contributed by atoms with Gasteiger partial charge in [0, 0.05) is 36.7 Å². The Hall–Kier alpha value is -3.44. The second-order valence-electron chi connectivity index (χ2n) is 9.88. The molecule has 0 saturated carbocycles. The summed E-state index contributed by atoms with van der Waals surface area (Å²) in [7, 11) is 1.57. The summed E-state index contributed by atoms with van der Waals surface area (Å²) in [6.07, 6.45) is 3.04. The molecule has 11 heteroatoms. The summed E-state index contributed by atoms with van der Waals surface area (Å²) in [5, 5.41) is 9.77. The van der Waals surface area contributed by atoms with E-state index < -0.39 is 23.9 Å². The molecule has 2 aliphatic heterocycles. The standard InChI is InChI=1S/C27H35N5O5S/c1-37-19-8-6-17(7-9-19)14-22(25(28)34)31-26(35)23-15-18(30-24(33)16-20-4-3-13-38-20)10-12-32(23)27(36)21-5-2-11-29-21/h3-4,6-9,13,18,21-23,29H,2,5,10-12,14-16H2,1H3,(H2,28,34)(H,30,33)(H,31,35)/p+1/t18-,21+,22-,23-/m0/s1. The first-order chi connectivity index (χ1) is 18.3. The first kappa shape index (κ1) is 27.6. The maximum Gasteiger partial charge on any atom is 0.281 e. The van der Waals surface area contributed by atoms with E-state index in [4.69, 9.17) is 10.5 Å². The number of nitrogens with two attached hydrogens (primary N) is 2. The lowest BCUT2D eigenvalue weighted by Crippen LogP contribution is -2.89. The molecule has 38 heavy (non-hydrogen) atoms. The molecule has 2 fully saturated rings. The Labute approximate surface area is 226 Å². The molecule has 2 saturated heterocycles. The highest BCUT2D eigenvalue weighted by atomic mass is 32.1. The minimum absolute atomic E-state index is 0.0724. The van der Waals surface area contributed by atoms with Crippen molar-refractivity contribution in [3.05, 3.63) is 52.2 Å². The van der Waals surface area contributed by atoms with Gasteiger partial charge in [-0.05, 0) is 42.0 Å². The van der Waals surface area contributed by atoms with E-state index in [2.05, 4.69) is 10.6 Å². The highest BCUT2D eigenvalue weighted by molar-refractivity contribution is 7.10. The molecule has 1 aromatic heterocycles. The minimum atomic E-state index is -0.945. The van der Waals surface area contributed by atoms with Gasteiger partial charge < -0.3 is 31.3 Å². The molecule has 1 aromatic carbocycles. The van der Waals surface area contributed by atoms with Crippen LogP contribution in [0.15, 0.2) is 41.8 Å². The Morgan fingerprint density at radius 3 is 2.61 bits per heavy atom. The predicted molar refractivity (Wildman–Crippen MR) is 142 cm³/mol. The van der Waals surface area contributed by atoms with Gasteiger partial charge in [0.15, 0.2) is 6.04 Å². The summed E-state index contributed by atoms with van der Waals surface area (Å²) >= 11 is 1.52. The number of piperidine rings is 1. The highest BCUT2D eigenvalue weighted by Gasteiger charge is 2.41. The third-order valence-corrected chi connectivity index (χ3v) is 8.09. The lowest BCUT2D eigenvalue weighted by atomic mass is 9.94. The number of ether oxygens (including phenoxy) is 1. The van der Waals surface area contributed by atoms with Crippen molar-refractivity contribution in [3.63, 3.8) is 0 Å². The number of hydrogen-bond donors (Lipinski definition) is 4. The molecule has 4 amide bonds. The minimum Gasteiger partial charge on any atom is -0.497 e. The number of quaternary nitrogens is 1. The van der Waals surface area contributed by atoms with Crippen LogP contribution in [0.5, 0.6) is 5.75 Å². The van der Waals surface area contributed by atoms with Crippen LogP contribution >= 0.6 is 11.3 Å². The van der Waals surface area contributed by atoms with E-state index in [-0.39, 0.29) is 43.2 Å². The van der Waals surface area contributed by atoms with Crippen molar-refractivity contribution in [1.29, 1.82) is 0 Å². The molecule has 204 valence electrons. The topological polar surface area (TPSA) is 147 Å². The number of amides is 4. The van der Waals surface area contributed by atoms with Crippen LogP contribution < -0.4 is 26.4 Å². The first-order valence-corrected chi connectivity index (χ1v) is 13.9. The monoisotopic (exact) mass is 542 g/mol. The summed E-state index contributed by atoms with van der Waals surface area (Å²) in [6, 6.07) is 8.76. The fourth-order valence-electron chi connectivity index (χ4n) is 5.16. The number of likely N-dealkylation sites (tertiary alicyclic amines) is 1. The Morgan fingerprint density at radius 1 is 1.18 bits per heavy atom. The lowest BCUT2D eigenvalue weighted by Gasteiger charge is -2.39. The molecule has 10 nitrogen and oxygen atoms in total. The SMILES string of the molecule is COc1ccc(C[C@H](NC(=O)[C@@H]2C[C@@H](NC(=O)Cc3cccs3)CCN2C(=O)[C@H]2CCC[NH2+]2)C(N)=O)cc1. The average Bonchev–Trinajstić information content (AvgIpc) is 3.63. The number of thiophene rings is 1. The summed E-state index contributed by atoms with van der Waals surface area (Å²) in [4.78, 5) is 54.4. The molecule has 0 aliphatic carbocycles. The third kappa shape index (κ3) is 7.11. The molecular weight excluding hydrogens is 506 g/mol. The third-order valence-electron chi connectivity index (χ3n) is 7.21. The van der Waals surface area contributed by atoms with E-state index in [1.54, 1.807) is 24.1 Å². The second-order valence-corrected chi connectivity index (χ2v) is 10.9. The molecular formula is C27H36N5O5S+. The van der Waals surface area contributed by atoms with Gasteiger partial charge in [0.2, 0.25) is 17.7 Å². The number of hydrogen-bond acceptors (Lipinski definition) is 6. The van der Waals surface area contributed by atoms with Gasteiger partial charge >= 0.3 is 0 Å². The second kappa shape index (κ2) is 12.9. The van der Waals surface area contributed by atoms with Crippen molar-refractivity contribution in [2.24, 2.45) is 5.73 Å². The van der Waals surface area contributed by atoms with Crippen LogP contribution in [0.4, 0.5) is 0 Å². The van der Waals surface area contributed by atoms with Gasteiger partial charge in [-0.15, -0.1) is 11.3 Å². The van der Waals surface area contributed by atoms with Crippen LogP contribution in [0.1, 0.15) is 36.1 Å². The Balaban J connectivity index is 1.46. The van der Waals surface area contributed by atoms with Crippen LogP contribution in [0.3, 0.4) is 0 Å². The van der Waals surface area contributed by atoms with Gasteiger partial charge in [-0.25, -0.2) is 0 Å². The van der Waals surface area contributed by atoms with E-state index in [9.17, 15) is 19.2 Å². The van der Waals surface area contributed by atoms with Crippen molar-refractivity contribution in [2.45, 2.75) is 62.7 Å². The van der Waals surface area contributed by atoms with Gasteiger partial charge in [0.05, 0.1) is 20.1 Å². The van der Waals surface area contributed by atoms with E-state index in [1.807, 2.05) is 35.0 Å². The van der Waals surface area contributed by atoms with E-state index in [0.717, 1.165) is 29.8 Å². The van der Waals surface area contributed by atoms with Crippen molar-refractivity contribution in [3.8, 4) is 5.75 Å². The number of rotatable bonds is 10. The van der Waals surface area contributed by atoms with Crippen molar-refractivity contribution in [2.75, 3.05) is 20.2 Å². The van der Waals surface area contributed by atoms with E-state index >= 15 is 0 Å². The zero-order valence-electron chi connectivity index (χ0n) is 21.6. The number of benzene rings is 1. The normalized spacial score (nSPS) is 21.9. The fraction of sp³-hybridized carbons (Fsp3) is 0.481. The number of methoxy groups -OCH3 is 1. The summed E-state index contributed by atoms with van der Waals surface area (Å²) in [5.74, 6) is -0.605. The van der Waals surface area contributed by atoms with E-state index in [0.29, 0.717) is 18.7 Å². The zero-order valence-corrected chi connectivity index (χ0v) is 22.4. The number of nitrogens with one attached hydrogen (secondary N) is 2. The summed E-state index contributed by atoms with van der Waals surface area (Å²) in [6.45, 7) is 1.24. The molecule has 4 rings (SSSR count). The molecule has 2 aliphatic rings. The Kier molecular flexibility index (Phi) is 9.35. The number of primary amides is 1. The first-order valence-electron chi connectivity index (χ1n) is 13.0. The number of carbonyl (C=O) groups is 4. The Bertz CT molecular complexity index is 1120. The summed E-state index contributed by atoms with van der Waals surface area (Å²) in [5.41, 5.74) is 6.46. The number of carbonyl (C=O) groups excluding carboxylic acids is 4. The van der Waals surface area contributed by atoms with Crippen molar-refractivity contribution < 1.29 is 29.2 Å². The van der Waals surface area contributed by atoms with Crippen LogP contribution in [0.2, 0.25) is 0 Å². The van der Waals surface area contributed by atoms with Crippen LogP contribution in [-0.2, 0) is 32.0 Å². The molecule has 2 aromatic rings. The smallest absolute Gasteiger partial charge is 0.281 e. The van der Waals surface area contributed by atoms with Crippen LogP contribution in [0, 0.1) is 0 Å². The van der Waals surface area contributed by atoms with Gasteiger partial charge in [-0.2, -0.15) is 0 Å². The van der Waals surface area contributed by atoms with Gasteiger partial charge in [0.25, 0.3) is 5.91 Å². The van der Waals surface area contributed by atoms with E-state index in [1.165, 1.54) is 11.3 Å². The zero-order chi connectivity index (χ0) is 27.1. The average molecular weight is 543 g/mol. The molecule has 0 spiro atoms. The van der Waals surface area contributed by atoms with Gasteiger partial charge in [-0.3, -0.25) is 19.2 Å². The maximum atomic E-state index is 13.6. The largest absolute Gasteiger partial charge is 0.497 e. The number of nitrogens with zero attached hydrogens (tertiary/aromatic N) is 1. The predicted octanol–water partition coefficient (Wildman–Crippen LogP) is -0.286. The van der Waals surface area contributed by atoms with Gasteiger partial charge in [0.1, 0.15) is 17.8 Å². The molecule has 4 atom stereocenters. The lowest BCUT2D eigenvalue weighted by molar-refractivity contribution is -0.658. The fourth-order valence-corrected chi connectivity index (χ4v) is 5.86. The quantitative estimate of drug-likeness (QED) is 0.326. The highest BCUT2D eigenvalue weighted by Crippen LogP contribution is 2.21. The summed E-state index contributed by atoms with van der Waals surface area (Å²) < 4.78 is 5.18. The van der Waals surface area contributed by atoms with Gasteiger partial charge in [-0.1, -0.05) is 18.2 Å². The molecule has 0 unspecified atom stereocenters. The van der Waals surface area contributed by atoms with Crippen LogP contribution in [0.25, 0.3) is 0 Å². The molecule has 0 bridgehead atoms. The Morgan fingerprint density at radius 2 is 1.97 bits per heavy atom. The molecule has 0 radical (unpaired) electrons.